The monoisotopic (exact) mass is 267 g/mol. The van der Waals surface area contributed by atoms with Crippen LogP contribution in [0.15, 0.2) is 20.0 Å². The summed E-state index contributed by atoms with van der Waals surface area (Å²) in [5, 5.41) is 10.9. The van der Waals surface area contributed by atoms with E-state index in [9.17, 15) is 4.79 Å². The van der Waals surface area contributed by atoms with Gasteiger partial charge in [-0.2, -0.15) is 0 Å². The van der Waals surface area contributed by atoms with E-state index in [1.165, 1.54) is 32.7 Å². The fourth-order valence-corrected chi connectivity index (χ4v) is 0.834. The van der Waals surface area contributed by atoms with Gasteiger partial charge in [-0.1, -0.05) is 0 Å². The predicted octanol–water partition coefficient (Wildman–Crippen LogP) is -1.80. The van der Waals surface area contributed by atoms with Crippen LogP contribution in [0, 0.1) is 0 Å². The summed E-state index contributed by atoms with van der Waals surface area (Å²) < 4.78 is 0. The Kier molecular flexibility index (Phi) is 5.76. The van der Waals surface area contributed by atoms with E-state index < -0.39 is 12.0 Å². The number of carboxylic acids is 1. The number of nitrogens with two attached hydrogens (primary N) is 2. The summed E-state index contributed by atoms with van der Waals surface area (Å²) in [4.78, 5) is 25.0. The number of nitrogens with zero attached hydrogens (tertiary/aromatic N) is 4. The van der Waals surface area contributed by atoms with Crippen LogP contribution in [0.2, 0.25) is 0 Å². The van der Waals surface area contributed by atoms with E-state index in [1.807, 2.05) is 0 Å². The van der Waals surface area contributed by atoms with Gasteiger partial charge in [-0.05, 0) is 6.92 Å². The highest BCUT2D eigenvalue weighted by Gasteiger charge is 2.23. The molecule has 104 valence electrons. The van der Waals surface area contributed by atoms with Gasteiger partial charge in [0, 0.05) is 13.1 Å². The molecule has 1 fully saturated rings. The lowest BCUT2D eigenvalue weighted by molar-refractivity contribution is -0.138. The molecule has 0 spiro atoms. The molecular formula is C10H17N7O2. The van der Waals surface area contributed by atoms with E-state index in [0.717, 1.165) is 0 Å². The summed E-state index contributed by atoms with van der Waals surface area (Å²) in [7, 11) is 0. The molecule has 0 aliphatic carbocycles. The van der Waals surface area contributed by atoms with E-state index >= 15 is 0 Å². The minimum Gasteiger partial charge on any atom is -0.480 e. The molecule has 0 aromatic rings. The van der Waals surface area contributed by atoms with E-state index in [2.05, 4.69) is 25.3 Å². The molecule has 3 aliphatic rings. The molecule has 9 nitrogen and oxygen atoms in total. The highest BCUT2D eigenvalue weighted by molar-refractivity contribution is 6.19. The molecule has 0 amide bonds. The molecule has 6 N–H and O–H groups in total. The second-order valence-electron chi connectivity index (χ2n) is 3.83. The van der Waals surface area contributed by atoms with Gasteiger partial charge >= 0.3 is 5.97 Å². The van der Waals surface area contributed by atoms with Crippen molar-refractivity contribution < 1.29 is 9.90 Å². The van der Waals surface area contributed by atoms with E-state index in [0.29, 0.717) is 11.7 Å². The van der Waals surface area contributed by atoms with Crippen LogP contribution in [0.5, 0.6) is 0 Å². The van der Waals surface area contributed by atoms with Gasteiger partial charge in [0.05, 0.1) is 0 Å². The number of carbonyl (C=O) groups is 1. The van der Waals surface area contributed by atoms with Crippen LogP contribution in [0.4, 0.5) is 0 Å². The number of nitrogens with one attached hydrogen (secondary N) is 1. The topological polar surface area (TPSA) is 161 Å². The number of carboxylic acid groups (broad SMARTS) is 1. The molecule has 3 aliphatic heterocycles. The minimum atomic E-state index is -0.963. The Morgan fingerprint density at radius 2 is 2.05 bits per heavy atom. The minimum absolute atomic E-state index is 0.218. The average molecular weight is 267 g/mol. The Labute approximate surface area is 110 Å². The largest absolute Gasteiger partial charge is 0.480 e. The van der Waals surface area contributed by atoms with Gasteiger partial charge in [0.2, 0.25) is 0 Å². The number of amidine groups is 2. The van der Waals surface area contributed by atoms with Gasteiger partial charge in [0.1, 0.15) is 24.6 Å². The highest BCUT2D eigenvalue weighted by atomic mass is 16.4. The van der Waals surface area contributed by atoms with Crippen molar-refractivity contribution in [2.75, 3.05) is 13.1 Å². The lowest BCUT2D eigenvalue weighted by Crippen LogP contribution is -2.34. The maximum absolute atomic E-state index is 9.57. The zero-order valence-electron chi connectivity index (χ0n) is 10.5. The summed E-state index contributed by atoms with van der Waals surface area (Å²) in [5.41, 5.74) is 10.3. The zero-order chi connectivity index (χ0) is 14.3. The Balaban J connectivity index is 0.000000170. The van der Waals surface area contributed by atoms with E-state index in [1.54, 1.807) is 0 Å². The van der Waals surface area contributed by atoms with E-state index in [-0.39, 0.29) is 6.04 Å². The number of aliphatic carboxylic acids is 1. The smallest absolute Gasteiger partial charge is 0.320 e. The van der Waals surface area contributed by atoms with E-state index in [4.69, 9.17) is 16.6 Å². The van der Waals surface area contributed by atoms with Crippen LogP contribution in [-0.4, -0.2) is 60.6 Å². The lowest BCUT2D eigenvalue weighted by Gasteiger charge is -2.08. The number of fused-ring (bicyclic) bond motifs is 1. The van der Waals surface area contributed by atoms with Gasteiger partial charge in [-0.3, -0.25) is 9.79 Å². The molecule has 19 heavy (non-hydrogen) atoms. The summed E-state index contributed by atoms with van der Waals surface area (Å²) in [6, 6.07) is -0.949. The molecule has 0 radical (unpaired) electrons. The third kappa shape index (κ3) is 5.84. The Morgan fingerprint density at radius 1 is 1.47 bits per heavy atom. The number of hydrogen-bond donors (Lipinski definition) is 4. The van der Waals surface area contributed by atoms with Crippen LogP contribution in [0.3, 0.4) is 0 Å². The van der Waals surface area contributed by atoms with Crippen molar-refractivity contribution in [3.63, 3.8) is 0 Å². The molecule has 0 saturated carbocycles. The molecule has 0 aromatic carbocycles. The average Bonchev–Trinajstić information content (AvgIpc) is 3.16. The van der Waals surface area contributed by atoms with Gasteiger partial charge < -0.3 is 21.9 Å². The Hall–Kier alpha value is -2.13. The second kappa shape index (κ2) is 7.34. The van der Waals surface area contributed by atoms with Gasteiger partial charge in [-0.25, -0.2) is 15.0 Å². The van der Waals surface area contributed by atoms with Crippen molar-refractivity contribution in [3.8, 4) is 0 Å². The maximum atomic E-state index is 9.57. The first-order chi connectivity index (χ1) is 9.02. The zero-order valence-corrected chi connectivity index (χ0v) is 10.5. The van der Waals surface area contributed by atoms with Crippen molar-refractivity contribution in [2.45, 2.75) is 19.0 Å². The first-order valence-electron chi connectivity index (χ1n) is 5.66. The summed E-state index contributed by atoms with van der Waals surface area (Å²) in [6.45, 7) is 3.92. The summed E-state index contributed by atoms with van der Waals surface area (Å²) >= 11 is 0. The standard InChI is InChI=1S/C5H5N5.C3H7NO2.C2H5N/c6-4-3-5(9-1-7-3)10-2-8-4;1-2(4)3(5)6;1-2-3-1/h1-3H,(H2,6,7,8,9,10);2H,4H2,1H3,(H,5,6);3H,1-2H2. The molecule has 2 atom stereocenters. The molecule has 0 bridgehead atoms. The fraction of sp³-hybridized carbons (Fsp3) is 0.500. The molecule has 3 heterocycles. The highest BCUT2D eigenvalue weighted by Crippen LogP contribution is 2.05. The Morgan fingerprint density at radius 3 is 2.47 bits per heavy atom. The number of aliphatic imine (C=N–C) groups is 4. The van der Waals surface area contributed by atoms with Crippen LogP contribution >= 0.6 is 0 Å². The third-order valence-corrected chi connectivity index (χ3v) is 1.97. The fourth-order valence-electron chi connectivity index (χ4n) is 0.834. The van der Waals surface area contributed by atoms with Crippen LogP contribution in [0.1, 0.15) is 6.92 Å². The molecular weight excluding hydrogens is 250 g/mol. The second-order valence-corrected chi connectivity index (χ2v) is 3.83. The van der Waals surface area contributed by atoms with Crippen molar-refractivity contribution in [1.82, 2.24) is 5.32 Å². The summed E-state index contributed by atoms with van der Waals surface area (Å²) in [6.07, 6.45) is 2.84. The Bertz CT molecular complexity index is 434. The quantitative estimate of drug-likeness (QED) is 0.411. The molecule has 0 aromatic heterocycles. The SMILES string of the molecule is C1CN1.CC(N)C(=O)O.NC1=NC=NC2=NC=NC12. The maximum Gasteiger partial charge on any atom is 0.320 e. The first-order valence-corrected chi connectivity index (χ1v) is 5.66. The van der Waals surface area contributed by atoms with Crippen molar-refractivity contribution in [1.29, 1.82) is 0 Å². The molecule has 3 rings (SSSR count). The van der Waals surface area contributed by atoms with Crippen molar-refractivity contribution >= 4 is 30.3 Å². The van der Waals surface area contributed by atoms with Gasteiger partial charge in [0.15, 0.2) is 11.9 Å². The first kappa shape index (κ1) is 14.9. The molecule has 1 saturated heterocycles. The molecule has 9 heteroatoms. The summed E-state index contributed by atoms with van der Waals surface area (Å²) in [5.74, 6) is 0.130. The van der Waals surface area contributed by atoms with Crippen molar-refractivity contribution in [3.05, 3.63) is 0 Å². The number of rotatable bonds is 1. The van der Waals surface area contributed by atoms with Crippen LogP contribution in [0.25, 0.3) is 0 Å². The van der Waals surface area contributed by atoms with Crippen molar-refractivity contribution in [2.24, 2.45) is 31.4 Å². The van der Waals surface area contributed by atoms with Gasteiger partial charge in [-0.15, -0.1) is 0 Å². The molecule has 2 unspecified atom stereocenters. The van der Waals surface area contributed by atoms with Gasteiger partial charge in [0.25, 0.3) is 0 Å². The third-order valence-electron chi connectivity index (χ3n) is 1.97. The normalized spacial score (nSPS) is 22.7. The lowest BCUT2D eigenvalue weighted by atomic mass is 10.2. The predicted molar refractivity (Wildman–Crippen MR) is 74.0 cm³/mol. The number of hydrogen-bond acceptors (Lipinski definition) is 8. The van der Waals surface area contributed by atoms with Crippen LogP contribution in [-0.2, 0) is 4.79 Å². The van der Waals surface area contributed by atoms with Crippen LogP contribution < -0.4 is 16.8 Å².